The standard InChI is InChI=1S/C12H9ClO3/c1-7-2-4-8(5-3-7)9-6-10(12(14)15)16-11(9)13/h2-6H,1H3,(H,14,15). The van der Waals surface area contributed by atoms with Crippen LogP contribution in [0.4, 0.5) is 0 Å². The average Bonchev–Trinajstić information content (AvgIpc) is 2.62. The summed E-state index contributed by atoms with van der Waals surface area (Å²) in [5.74, 6) is -1.28. The van der Waals surface area contributed by atoms with Crippen LogP contribution < -0.4 is 0 Å². The van der Waals surface area contributed by atoms with Gasteiger partial charge in [-0.25, -0.2) is 4.79 Å². The summed E-state index contributed by atoms with van der Waals surface area (Å²) >= 11 is 5.83. The van der Waals surface area contributed by atoms with Gasteiger partial charge in [0.25, 0.3) is 0 Å². The molecule has 0 aliphatic carbocycles. The molecule has 0 spiro atoms. The highest BCUT2D eigenvalue weighted by atomic mass is 35.5. The van der Waals surface area contributed by atoms with Crippen molar-refractivity contribution in [2.75, 3.05) is 0 Å². The Bertz CT molecular complexity index is 526. The van der Waals surface area contributed by atoms with Gasteiger partial charge in [-0.3, -0.25) is 0 Å². The first-order valence-electron chi connectivity index (χ1n) is 4.67. The fourth-order valence-corrected chi connectivity index (χ4v) is 1.65. The van der Waals surface area contributed by atoms with Gasteiger partial charge >= 0.3 is 5.97 Å². The topological polar surface area (TPSA) is 50.4 Å². The van der Waals surface area contributed by atoms with Crippen molar-refractivity contribution >= 4 is 17.6 Å². The maximum absolute atomic E-state index is 10.7. The smallest absolute Gasteiger partial charge is 0.371 e. The predicted molar refractivity (Wildman–Crippen MR) is 60.9 cm³/mol. The van der Waals surface area contributed by atoms with Crippen LogP contribution in [0.15, 0.2) is 34.7 Å². The summed E-state index contributed by atoms with van der Waals surface area (Å²) in [7, 11) is 0. The second kappa shape index (κ2) is 4.02. The van der Waals surface area contributed by atoms with Crippen molar-refractivity contribution in [3.8, 4) is 11.1 Å². The molecule has 0 saturated heterocycles. The number of hydrogen-bond donors (Lipinski definition) is 1. The maximum Gasteiger partial charge on any atom is 0.371 e. The second-order valence-electron chi connectivity index (χ2n) is 3.47. The second-order valence-corrected chi connectivity index (χ2v) is 3.81. The van der Waals surface area contributed by atoms with Crippen molar-refractivity contribution in [1.29, 1.82) is 0 Å². The molecular weight excluding hydrogens is 228 g/mol. The summed E-state index contributed by atoms with van der Waals surface area (Å²) in [6, 6.07) is 9.03. The Labute approximate surface area is 97.3 Å². The molecule has 16 heavy (non-hydrogen) atoms. The number of furan rings is 1. The van der Waals surface area contributed by atoms with Crippen molar-refractivity contribution in [2.45, 2.75) is 6.92 Å². The highest BCUT2D eigenvalue weighted by molar-refractivity contribution is 6.31. The number of carboxylic acids is 1. The summed E-state index contributed by atoms with van der Waals surface area (Å²) in [6.45, 7) is 1.98. The van der Waals surface area contributed by atoms with Crippen LogP contribution in [0.5, 0.6) is 0 Å². The molecule has 82 valence electrons. The molecule has 1 aromatic carbocycles. The van der Waals surface area contributed by atoms with E-state index < -0.39 is 5.97 Å². The summed E-state index contributed by atoms with van der Waals surface area (Å²) in [6.07, 6.45) is 0. The quantitative estimate of drug-likeness (QED) is 0.867. The minimum Gasteiger partial charge on any atom is -0.475 e. The van der Waals surface area contributed by atoms with Gasteiger partial charge in [0.2, 0.25) is 11.0 Å². The number of carboxylic acid groups (broad SMARTS) is 1. The molecule has 2 rings (SSSR count). The van der Waals surface area contributed by atoms with Crippen molar-refractivity contribution in [2.24, 2.45) is 0 Å². The molecule has 0 aliphatic heterocycles. The van der Waals surface area contributed by atoms with Gasteiger partial charge in [0.05, 0.1) is 0 Å². The average molecular weight is 237 g/mol. The van der Waals surface area contributed by atoms with Crippen molar-refractivity contribution in [1.82, 2.24) is 0 Å². The lowest BCUT2D eigenvalue weighted by Crippen LogP contribution is -1.91. The van der Waals surface area contributed by atoms with E-state index in [2.05, 4.69) is 0 Å². The van der Waals surface area contributed by atoms with Gasteiger partial charge < -0.3 is 9.52 Å². The maximum atomic E-state index is 10.7. The minimum atomic E-state index is -1.12. The highest BCUT2D eigenvalue weighted by Crippen LogP contribution is 2.31. The van der Waals surface area contributed by atoms with Crippen LogP contribution in [0.1, 0.15) is 16.1 Å². The largest absolute Gasteiger partial charge is 0.475 e. The first-order chi connectivity index (χ1) is 7.58. The van der Waals surface area contributed by atoms with E-state index in [0.717, 1.165) is 11.1 Å². The molecule has 0 amide bonds. The molecule has 3 nitrogen and oxygen atoms in total. The van der Waals surface area contributed by atoms with E-state index in [0.29, 0.717) is 5.56 Å². The summed E-state index contributed by atoms with van der Waals surface area (Å²) in [4.78, 5) is 10.7. The van der Waals surface area contributed by atoms with Crippen LogP contribution in [-0.4, -0.2) is 11.1 Å². The third-order valence-corrected chi connectivity index (χ3v) is 2.54. The fourth-order valence-electron chi connectivity index (χ4n) is 1.40. The van der Waals surface area contributed by atoms with E-state index in [-0.39, 0.29) is 11.0 Å². The first-order valence-corrected chi connectivity index (χ1v) is 5.05. The third-order valence-electron chi connectivity index (χ3n) is 2.26. The van der Waals surface area contributed by atoms with Gasteiger partial charge in [-0.05, 0) is 24.1 Å². The molecule has 1 heterocycles. The highest BCUT2D eigenvalue weighted by Gasteiger charge is 2.15. The number of carbonyl (C=O) groups is 1. The molecule has 1 N–H and O–H groups in total. The number of benzene rings is 1. The first kappa shape index (κ1) is 10.8. The van der Waals surface area contributed by atoms with E-state index in [1.807, 2.05) is 31.2 Å². The molecular formula is C12H9ClO3. The Balaban J connectivity index is 2.47. The minimum absolute atomic E-state index is 0.0984. The van der Waals surface area contributed by atoms with E-state index >= 15 is 0 Å². The zero-order chi connectivity index (χ0) is 11.7. The number of hydrogen-bond acceptors (Lipinski definition) is 2. The van der Waals surface area contributed by atoms with Gasteiger partial charge in [-0.15, -0.1) is 0 Å². The van der Waals surface area contributed by atoms with Gasteiger partial charge in [-0.2, -0.15) is 0 Å². The van der Waals surface area contributed by atoms with E-state index in [9.17, 15) is 4.79 Å². The van der Waals surface area contributed by atoms with Crippen LogP contribution in [0.3, 0.4) is 0 Å². The van der Waals surface area contributed by atoms with E-state index in [4.69, 9.17) is 21.1 Å². The fraction of sp³-hybridized carbons (Fsp3) is 0.0833. The summed E-state index contributed by atoms with van der Waals surface area (Å²) in [5, 5.41) is 8.86. The molecule has 0 saturated carbocycles. The molecule has 0 radical (unpaired) electrons. The molecule has 1 aromatic heterocycles. The molecule has 0 fully saturated rings. The monoisotopic (exact) mass is 236 g/mol. The lowest BCUT2D eigenvalue weighted by molar-refractivity contribution is 0.0662. The van der Waals surface area contributed by atoms with Crippen LogP contribution in [0.25, 0.3) is 11.1 Å². The van der Waals surface area contributed by atoms with Crippen LogP contribution in [0.2, 0.25) is 5.22 Å². The third kappa shape index (κ3) is 1.95. The lowest BCUT2D eigenvalue weighted by atomic mass is 10.1. The van der Waals surface area contributed by atoms with Crippen molar-refractivity contribution in [3.63, 3.8) is 0 Å². The van der Waals surface area contributed by atoms with Crippen LogP contribution in [0, 0.1) is 6.92 Å². The van der Waals surface area contributed by atoms with Crippen molar-refractivity contribution < 1.29 is 14.3 Å². The summed E-state index contributed by atoms with van der Waals surface area (Å²) in [5.41, 5.74) is 2.56. The summed E-state index contributed by atoms with van der Waals surface area (Å²) < 4.78 is 4.93. The molecule has 0 bridgehead atoms. The number of aryl methyl sites for hydroxylation is 1. The Morgan fingerprint density at radius 2 is 1.94 bits per heavy atom. The number of aromatic carboxylic acids is 1. The van der Waals surface area contributed by atoms with Gasteiger partial charge in [0, 0.05) is 11.6 Å². The molecule has 0 atom stereocenters. The van der Waals surface area contributed by atoms with Gasteiger partial charge in [0.1, 0.15) is 0 Å². The Morgan fingerprint density at radius 1 is 1.31 bits per heavy atom. The molecule has 2 aromatic rings. The number of halogens is 1. The zero-order valence-electron chi connectivity index (χ0n) is 8.53. The molecule has 0 unspecified atom stereocenters. The Morgan fingerprint density at radius 3 is 2.44 bits per heavy atom. The Kier molecular flexibility index (Phi) is 2.71. The van der Waals surface area contributed by atoms with E-state index in [1.54, 1.807) is 0 Å². The normalized spacial score (nSPS) is 10.4. The molecule has 4 heteroatoms. The van der Waals surface area contributed by atoms with Gasteiger partial charge in [-0.1, -0.05) is 29.8 Å². The van der Waals surface area contributed by atoms with Crippen LogP contribution >= 0.6 is 11.6 Å². The number of rotatable bonds is 2. The van der Waals surface area contributed by atoms with Gasteiger partial charge in [0.15, 0.2) is 0 Å². The van der Waals surface area contributed by atoms with E-state index in [1.165, 1.54) is 6.07 Å². The molecule has 0 aliphatic rings. The SMILES string of the molecule is Cc1ccc(-c2cc(C(=O)O)oc2Cl)cc1. The van der Waals surface area contributed by atoms with Crippen molar-refractivity contribution in [3.05, 3.63) is 46.9 Å². The zero-order valence-corrected chi connectivity index (χ0v) is 9.28. The predicted octanol–water partition coefficient (Wildman–Crippen LogP) is 3.61. The Hall–Kier alpha value is -1.74. The lowest BCUT2D eigenvalue weighted by Gasteiger charge is -1.97. The van der Waals surface area contributed by atoms with Crippen LogP contribution in [-0.2, 0) is 0 Å².